The first-order chi connectivity index (χ1) is 9.03. The van der Waals surface area contributed by atoms with Crippen molar-refractivity contribution in [3.63, 3.8) is 0 Å². The summed E-state index contributed by atoms with van der Waals surface area (Å²) in [6, 6.07) is 4.57. The number of pyridine rings is 1. The smallest absolute Gasteiger partial charge is 0.0782 e. The molecule has 0 saturated carbocycles. The molecule has 1 N–H and O–H groups in total. The second-order valence-electron chi connectivity index (χ2n) is 5.36. The van der Waals surface area contributed by atoms with E-state index in [0.717, 1.165) is 31.7 Å². The Labute approximate surface area is 117 Å². The van der Waals surface area contributed by atoms with Gasteiger partial charge in [0.1, 0.15) is 0 Å². The van der Waals surface area contributed by atoms with Crippen LogP contribution in [0, 0.1) is 0 Å². The van der Waals surface area contributed by atoms with Gasteiger partial charge in [0.15, 0.2) is 0 Å². The Hall–Kier alpha value is -0.930. The maximum Gasteiger partial charge on any atom is 0.0782 e. The molecule has 108 valence electrons. The third kappa shape index (κ3) is 4.92. The molecule has 0 bridgehead atoms. The third-order valence-electron chi connectivity index (χ3n) is 3.51. The molecule has 0 aliphatic rings. The van der Waals surface area contributed by atoms with Crippen molar-refractivity contribution in [3.05, 3.63) is 29.6 Å². The first-order valence-corrected chi connectivity index (χ1v) is 7.34. The Kier molecular flexibility index (Phi) is 6.46. The highest BCUT2D eigenvalue weighted by atomic mass is 16.5. The largest absolute Gasteiger partial charge is 0.374 e. The maximum atomic E-state index is 5.87. The molecule has 0 spiro atoms. The lowest BCUT2D eigenvalue weighted by molar-refractivity contribution is -0.0379. The molecule has 1 rings (SSSR count). The van der Waals surface area contributed by atoms with E-state index in [2.05, 4.69) is 50.1 Å². The summed E-state index contributed by atoms with van der Waals surface area (Å²) in [7, 11) is 0. The first kappa shape index (κ1) is 16.1. The Balaban J connectivity index is 2.76. The summed E-state index contributed by atoms with van der Waals surface area (Å²) >= 11 is 0. The molecule has 0 aromatic carbocycles. The van der Waals surface area contributed by atoms with E-state index in [-0.39, 0.29) is 11.6 Å². The van der Waals surface area contributed by atoms with E-state index in [1.54, 1.807) is 0 Å². The highest BCUT2D eigenvalue weighted by Crippen LogP contribution is 2.18. The molecule has 1 heterocycles. The SMILES string of the molecule is CCNC(Cc1ccc(CC)cn1)C(C)(C)OCC. The lowest BCUT2D eigenvalue weighted by atomic mass is 9.93. The van der Waals surface area contributed by atoms with Crippen molar-refractivity contribution in [1.29, 1.82) is 0 Å². The van der Waals surface area contributed by atoms with Crippen LogP contribution in [0.25, 0.3) is 0 Å². The van der Waals surface area contributed by atoms with E-state index < -0.39 is 0 Å². The lowest BCUT2D eigenvalue weighted by Crippen LogP contribution is -2.50. The summed E-state index contributed by atoms with van der Waals surface area (Å²) in [5, 5.41) is 3.52. The van der Waals surface area contributed by atoms with Gasteiger partial charge < -0.3 is 10.1 Å². The van der Waals surface area contributed by atoms with Gasteiger partial charge in [0.25, 0.3) is 0 Å². The van der Waals surface area contributed by atoms with Crippen LogP contribution in [-0.4, -0.2) is 29.8 Å². The Morgan fingerprint density at radius 3 is 2.47 bits per heavy atom. The van der Waals surface area contributed by atoms with Gasteiger partial charge in [-0.15, -0.1) is 0 Å². The van der Waals surface area contributed by atoms with Crippen molar-refractivity contribution in [2.24, 2.45) is 0 Å². The minimum atomic E-state index is -0.185. The van der Waals surface area contributed by atoms with E-state index in [0.29, 0.717) is 0 Å². The van der Waals surface area contributed by atoms with E-state index in [1.165, 1.54) is 5.56 Å². The molecule has 1 aromatic heterocycles. The van der Waals surface area contributed by atoms with E-state index in [9.17, 15) is 0 Å². The van der Waals surface area contributed by atoms with Crippen molar-refractivity contribution >= 4 is 0 Å². The van der Waals surface area contributed by atoms with Gasteiger partial charge in [0.05, 0.1) is 5.60 Å². The van der Waals surface area contributed by atoms with E-state index in [1.807, 2.05) is 13.1 Å². The Morgan fingerprint density at radius 2 is 2.00 bits per heavy atom. The maximum absolute atomic E-state index is 5.87. The van der Waals surface area contributed by atoms with Crippen LogP contribution in [0.2, 0.25) is 0 Å². The molecule has 0 radical (unpaired) electrons. The van der Waals surface area contributed by atoms with Crippen LogP contribution in [0.3, 0.4) is 0 Å². The number of hydrogen-bond donors (Lipinski definition) is 1. The van der Waals surface area contributed by atoms with Crippen LogP contribution in [0.1, 0.15) is 45.9 Å². The fraction of sp³-hybridized carbons (Fsp3) is 0.688. The van der Waals surface area contributed by atoms with Crippen LogP contribution in [-0.2, 0) is 17.6 Å². The second kappa shape index (κ2) is 7.61. The number of aryl methyl sites for hydroxylation is 1. The van der Waals surface area contributed by atoms with Gasteiger partial charge in [-0.25, -0.2) is 0 Å². The minimum absolute atomic E-state index is 0.185. The summed E-state index contributed by atoms with van der Waals surface area (Å²) in [5.74, 6) is 0. The van der Waals surface area contributed by atoms with Gasteiger partial charge in [-0.05, 0) is 45.4 Å². The minimum Gasteiger partial charge on any atom is -0.374 e. The first-order valence-electron chi connectivity index (χ1n) is 7.34. The molecule has 1 unspecified atom stereocenters. The van der Waals surface area contributed by atoms with Gasteiger partial charge in [-0.2, -0.15) is 0 Å². The molecule has 3 nitrogen and oxygen atoms in total. The molecule has 1 aromatic rings. The van der Waals surface area contributed by atoms with Gasteiger partial charge in [0, 0.05) is 31.0 Å². The average molecular weight is 264 g/mol. The number of nitrogens with zero attached hydrogens (tertiary/aromatic N) is 1. The number of likely N-dealkylation sites (N-methyl/N-ethyl adjacent to an activating group) is 1. The summed E-state index contributed by atoms with van der Waals surface area (Å²) in [4.78, 5) is 4.55. The third-order valence-corrected chi connectivity index (χ3v) is 3.51. The fourth-order valence-corrected chi connectivity index (χ4v) is 2.28. The number of ether oxygens (including phenoxy) is 1. The predicted molar refractivity (Wildman–Crippen MR) is 80.5 cm³/mol. The van der Waals surface area contributed by atoms with Crippen molar-refractivity contribution in [1.82, 2.24) is 10.3 Å². The topological polar surface area (TPSA) is 34.2 Å². The number of nitrogens with one attached hydrogen (secondary N) is 1. The summed E-state index contributed by atoms with van der Waals surface area (Å²) < 4.78 is 5.87. The average Bonchev–Trinajstić information content (AvgIpc) is 2.39. The second-order valence-corrected chi connectivity index (χ2v) is 5.36. The normalized spacial score (nSPS) is 13.5. The monoisotopic (exact) mass is 264 g/mol. The number of hydrogen-bond acceptors (Lipinski definition) is 3. The molecule has 1 atom stereocenters. The number of rotatable bonds is 8. The zero-order valence-electron chi connectivity index (χ0n) is 13.0. The molecule has 0 saturated heterocycles. The van der Waals surface area contributed by atoms with E-state index >= 15 is 0 Å². The molecule has 3 heteroatoms. The van der Waals surface area contributed by atoms with Crippen LogP contribution in [0.4, 0.5) is 0 Å². The summed E-state index contributed by atoms with van der Waals surface area (Å²) in [6.45, 7) is 12.3. The van der Waals surface area contributed by atoms with Crippen LogP contribution < -0.4 is 5.32 Å². The zero-order chi connectivity index (χ0) is 14.3. The highest BCUT2D eigenvalue weighted by Gasteiger charge is 2.29. The quantitative estimate of drug-likeness (QED) is 0.784. The fourth-order valence-electron chi connectivity index (χ4n) is 2.28. The summed E-state index contributed by atoms with van der Waals surface area (Å²) in [5.41, 5.74) is 2.22. The van der Waals surface area contributed by atoms with Gasteiger partial charge in [-0.1, -0.05) is 19.9 Å². The summed E-state index contributed by atoms with van der Waals surface area (Å²) in [6.07, 6.45) is 3.91. The molecule has 19 heavy (non-hydrogen) atoms. The standard InChI is InChI=1S/C16H28N2O/c1-6-13-9-10-14(18-12-13)11-15(17-7-2)16(4,5)19-8-3/h9-10,12,15,17H,6-8,11H2,1-5H3. The zero-order valence-corrected chi connectivity index (χ0v) is 13.0. The molecular weight excluding hydrogens is 236 g/mol. The molecule has 0 fully saturated rings. The predicted octanol–water partition coefficient (Wildman–Crippen LogP) is 2.98. The van der Waals surface area contributed by atoms with Gasteiger partial charge in [-0.3, -0.25) is 4.98 Å². The van der Waals surface area contributed by atoms with Crippen molar-refractivity contribution < 1.29 is 4.74 Å². The van der Waals surface area contributed by atoms with E-state index in [4.69, 9.17) is 4.74 Å². The molecule has 0 aliphatic carbocycles. The van der Waals surface area contributed by atoms with Crippen LogP contribution >= 0.6 is 0 Å². The molecular formula is C16H28N2O. The van der Waals surface area contributed by atoms with Crippen molar-refractivity contribution in [2.75, 3.05) is 13.2 Å². The molecule has 0 amide bonds. The van der Waals surface area contributed by atoms with Crippen molar-refractivity contribution in [2.45, 2.75) is 59.1 Å². The molecule has 0 aliphatic heterocycles. The van der Waals surface area contributed by atoms with Crippen LogP contribution in [0.15, 0.2) is 18.3 Å². The Bertz CT molecular complexity index is 360. The van der Waals surface area contributed by atoms with Gasteiger partial charge >= 0.3 is 0 Å². The number of aromatic nitrogens is 1. The Morgan fingerprint density at radius 1 is 1.26 bits per heavy atom. The highest BCUT2D eigenvalue weighted by molar-refractivity contribution is 5.15. The lowest BCUT2D eigenvalue weighted by Gasteiger charge is -2.34. The van der Waals surface area contributed by atoms with Crippen molar-refractivity contribution in [3.8, 4) is 0 Å². The van der Waals surface area contributed by atoms with Crippen LogP contribution in [0.5, 0.6) is 0 Å². The van der Waals surface area contributed by atoms with Gasteiger partial charge in [0.2, 0.25) is 0 Å².